The van der Waals surface area contributed by atoms with Crippen LogP contribution in [0.25, 0.3) is 0 Å². The summed E-state index contributed by atoms with van der Waals surface area (Å²) < 4.78 is 1.90. The molecule has 0 saturated heterocycles. The first-order valence-corrected chi connectivity index (χ1v) is 6.09. The molecule has 6 heteroatoms. The van der Waals surface area contributed by atoms with Gasteiger partial charge in [0.25, 0.3) is 0 Å². The van der Waals surface area contributed by atoms with Gasteiger partial charge in [0.05, 0.1) is 12.6 Å². The van der Waals surface area contributed by atoms with Crippen LogP contribution in [0.1, 0.15) is 25.2 Å². The minimum absolute atomic E-state index is 0.376. The van der Waals surface area contributed by atoms with Crippen molar-refractivity contribution in [2.24, 2.45) is 0 Å². The van der Waals surface area contributed by atoms with Crippen LogP contribution in [0, 0.1) is 0 Å². The molecule has 1 atom stereocenters. The van der Waals surface area contributed by atoms with E-state index < -0.39 is 0 Å². The summed E-state index contributed by atoms with van der Waals surface area (Å²) in [5.41, 5.74) is 0. The van der Waals surface area contributed by atoms with Crippen LogP contribution in [-0.2, 0) is 6.54 Å². The van der Waals surface area contributed by atoms with Gasteiger partial charge in [0.1, 0.15) is 0 Å². The van der Waals surface area contributed by atoms with Gasteiger partial charge in [0.15, 0.2) is 5.82 Å². The molecule has 1 N–H and O–H groups in total. The quantitative estimate of drug-likeness (QED) is 0.757. The molecule has 1 unspecified atom stereocenters. The van der Waals surface area contributed by atoms with Gasteiger partial charge in [-0.25, -0.2) is 4.68 Å². The predicted octanol–water partition coefficient (Wildman–Crippen LogP) is 0.707. The summed E-state index contributed by atoms with van der Waals surface area (Å²) in [6.45, 7) is 2.86. The Hall–Kier alpha value is -0.620. The molecule has 0 saturated carbocycles. The maximum atomic E-state index is 3.99. The number of hydrogen-bond acceptors (Lipinski definition) is 5. The molecule has 0 spiro atoms. The van der Waals surface area contributed by atoms with Crippen LogP contribution in [0.3, 0.4) is 0 Å². The van der Waals surface area contributed by atoms with Crippen molar-refractivity contribution in [2.45, 2.75) is 25.9 Å². The molecular weight excluding hydrogens is 198 g/mol. The summed E-state index contributed by atoms with van der Waals surface area (Å²) in [6.07, 6.45) is 3.21. The maximum Gasteiger partial charge on any atom is 0.165 e. The summed E-state index contributed by atoms with van der Waals surface area (Å²) >= 11 is 1.85. The zero-order valence-electron chi connectivity index (χ0n) is 8.90. The molecule has 0 aliphatic heterocycles. The zero-order chi connectivity index (χ0) is 10.4. The first kappa shape index (κ1) is 11.5. The Bertz CT molecular complexity index is 262. The van der Waals surface area contributed by atoms with E-state index in [0.29, 0.717) is 6.04 Å². The summed E-state index contributed by atoms with van der Waals surface area (Å²) in [4.78, 5) is 0. The normalized spacial score (nSPS) is 13.1. The molecule has 1 aromatic heterocycles. The molecular formula is C8H17N5S. The van der Waals surface area contributed by atoms with Crippen LogP contribution < -0.4 is 5.32 Å². The van der Waals surface area contributed by atoms with Crippen molar-refractivity contribution < 1.29 is 0 Å². The Balaban J connectivity index is 2.58. The van der Waals surface area contributed by atoms with E-state index >= 15 is 0 Å². The Labute approximate surface area is 88.6 Å². The van der Waals surface area contributed by atoms with Crippen LogP contribution in [0.5, 0.6) is 0 Å². The smallest absolute Gasteiger partial charge is 0.165 e. The first-order valence-electron chi connectivity index (χ1n) is 4.70. The molecule has 0 amide bonds. The highest BCUT2D eigenvalue weighted by atomic mass is 32.2. The molecule has 14 heavy (non-hydrogen) atoms. The standard InChI is InChI=1S/C8H17N5S/c1-7(4-5-14-3)13-8(6-9-2)10-11-12-13/h7,9H,4-6H2,1-3H3. The number of nitrogens with zero attached hydrogens (tertiary/aromatic N) is 4. The average molecular weight is 215 g/mol. The van der Waals surface area contributed by atoms with Crippen molar-refractivity contribution >= 4 is 11.8 Å². The molecule has 1 heterocycles. The Morgan fingerprint density at radius 1 is 1.57 bits per heavy atom. The maximum absolute atomic E-state index is 3.99. The van der Waals surface area contributed by atoms with E-state index in [1.165, 1.54) is 0 Å². The lowest BCUT2D eigenvalue weighted by Crippen LogP contribution is -2.16. The van der Waals surface area contributed by atoms with Gasteiger partial charge in [-0.3, -0.25) is 0 Å². The van der Waals surface area contributed by atoms with Crippen molar-refractivity contribution in [3.05, 3.63) is 5.82 Å². The van der Waals surface area contributed by atoms with Gasteiger partial charge in [0, 0.05) is 0 Å². The largest absolute Gasteiger partial charge is 0.313 e. The van der Waals surface area contributed by atoms with Crippen molar-refractivity contribution in [2.75, 3.05) is 19.1 Å². The summed E-state index contributed by atoms with van der Waals surface area (Å²) in [5.74, 6) is 2.04. The van der Waals surface area contributed by atoms with Crippen molar-refractivity contribution in [1.29, 1.82) is 0 Å². The van der Waals surface area contributed by atoms with Gasteiger partial charge in [0.2, 0.25) is 0 Å². The predicted molar refractivity (Wildman–Crippen MR) is 58.3 cm³/mol. The SMILES string of the molecule is CNCc1nnnn1C(C)CCSC. The van der Waals surface area contributed by atoms with E-state index in [1.54, 1.807) is 0 Å². The summed E-state index contributed by atoms with van der Waals surface area (Å²) in [6, 6.07) is 0.376. The van der Waals surface area contributed by atoms with Gasteiger partial charge in [-0.15, -0.1) is 5.10 Å². The number of thioether (sulfide) groups is 1. The topological polar surface area (TPSA) is 55.6 Å². The third-order valence-electron chi connectivity index (χ3n) is 2.05. The molecule has 0 radical (unpaired) electrons. The number of tetrazole rings is 1. The number of rotatable bonds is 6. The van der Waals surface area contributed by atoms with E-state index in [-0.39, 0.29) is 0 Å². The summed E-state index contributed by atoms with van der Waals surface area (Å²) in [7, 11) is 1.89. The van der Waals surface area contributed by atoms with Gasteiger partial charge in [-0.2, -0.15) is 11.8 Å². The molecule has 80 valence electrons. The molecule has 0 aliphatic rings. The highest BCUT2D eigenvalue weighted by molar-refractivity contribution is 7.98. The van der Waals surface area contributed by atoms with E-state index in [1.807, 2.05) is 23.5 Å². The fraction of sp³-hybridized carbons (Fsp3) is 0.875. The fourth-order valence-corrected chi connectivity index (χ4v) is 1.82. The third kappa shape index (κ3) is 2.95. The lowest BCUT2D eigenvalue weighted by atomic mass is 10.2. The second-order valence-electron chi connectivity index (χ2n) is 3.20. The number of hydrogen-bond donors (Lipinski definition) is 1. The van der Waals surface area contributed by atoms with Gasteiger partial charge in [-0.05, 0) is 42.8 Å². The van der Waals surface area contributed by atoms with Gasteiger partial charge >= 0.3 is 0 Å². The number of nitrogens with one attached hydrogen (secondary N) is 1. The number of aromatic nitrogens is 4. The molecule has 0 fully saturated rings. The van der Waals surface area contributed by atoms with Crippen LogP contribution in [0.4, 0.5) is 0 Å². The molecule has 1 aromatic rings. The van der Waals surface area contributed by atoms with E-state index in [0.717, 1.165) is 24.5 Å². The lowest BCUT2D eigenvalue weighted by Gasteiger charge is -2.12. The molecule has 0 aliphatic carbocycles. The fourth-order valence-electron chi connectivity index (χ4n) is 1.24. The van der Waals surface area contributed by atoms with E-state index in [9.17, 15) is 0 Å². The lowest BCUT2D eigenvalue weighted by molar-refractivity contribution is 0.446. The monoisotopic (exact) mass is 215 g/mol. The molecule has 0 aromatic carbocycles. The zero-order valence-corrected chi connectivity index (χ0v) is 9.71. The van der Waals surface area contributed by atoms with E-state index in [4.69, 9.17) is 0 Å². The Morgan fingerprint density at radius 2 is 2.36 bits per heavy atom. The third-order valence-corrected chi connectivity index (χ3v) is 2.70. The van der Waals surface area contributed by atoms with Gasteiger partial charge < -0.3 is 5.32 Å². The van der Waals surface area contributed by atoms with Crippen LogP contribution in [0.15, 0.2) is 0 Å². The molecule has 0 bridgehead atoms. The minimum atomic E-state index is 0.376. The second kappa shape index (κ2) is 5.98. The molecule has 5 nitrogen and oxygen atoms in total. The first-order chi connectivity index (χ1) is 6.79. The molecule has 1 rings (SSSR count). The summed E-state index contributed by atoms with van der Waals surface area (Å²) in [5, 5.41) is 14.7. The minimum Gasteiger partial charge on any atom is -0.313 e. The van der Waals surface area contributed by atoms with Crippen LogP contribution >= 0.6 is 11.8 Å². The second-order valence-corrected chi connectivity index (χ2v) is 4.19. The highest BCUT2D eigenvalue weighted by Gasteiger charge is 2.11. The van der Waals surface area contributed by atoms with Crippen molar-refractivity contribution in [1.82, 2.24) is 25.5 Å². The van der Waals surface area contributed by atoms with Crippen LogP contribution in [0.2, 0.25) is 0 Å². The highest BCUT2D eigenvalue weighted by Crippen LogP contribution is 2.12. The van der Waals surface area contributed by atoms with Crippen molar-refractivity contribution in [3.63, 3.8) is 0 Å². The Kier molecular flexibility index (Phi) is 4.89. The van der Waals surface area contributed by atoms with Gasteiger partial charge in [-0.1, -0.05) is 0 Å². The van der Waals surface area contributed by atoms with Crippen molar-refractivity contribution in [3.8, 4) is 0 Å². The average Bonchev–Trinajstić information content (AvgIpc) is 2.63. The van der Waals surface area contributed by atoms with Crippen LogP contribution in [-0.4, -0.2) is 39.3 Å². The van der Waals surface area contributed by atoms with E-state index in [2.05, 4.69) is 34.0 Å². The Morgan fingerprint density at radius 3 is 3.00 bits per heavy atom.